The number of benzene rings is 2. The number of carbonyl (C=O) groups excluding carboxylic acids is 2. The first-order chi connectivity index (χ1) is 17.1. The molecule has 0 saturated heterocycles. The van der Waals surface area contributed by atoms with Crippen molar-refractivity contribution in [3.8, 4) is 0 Å². The molecule has 4 rings (SSSR count). The molecule has 1 fully saturated rings. The minimum Gasteiger partial charge on any atom is -0.380 e. The van der Waals surface area contributed by atoms with E-state index in [0.717, 1.165) is 48.1 Å². The van der Waals surface area contributed by atoms with Crippen molar-refractivity contribution in [3.05, 3.63) is 63.4 Å². The summed E-state index contributed by atoms with van der Waals surface area (Å²) < 4.78 is 53.4. The first-order valence-corrected chi connectivity index (χ1v) is 12.5. The third-order valence-corrected chi connectivity index (χ3v) is 7.17. The van der Waals surface area contributed by atoms with Gasteiger partial charge in [-0.1, -0.05) is 43.0 Å². The predicted octanol–water partition coefficient (Wildman–Crippen LogP) is 5.64. The second-order valence-corrected chi connectivity index (χ2v) is 9.73. The average Bonchev–Trinajstić information content (AvgIpc) is 3.06. The molecule has 194 valence electrons. The van der Waals surface area contributed by atoms with Crippen molar-refractivity contribution in [1.29, 1.82) is 0 Å². The van der Waals surface area contributed by atoms with Crippen LogP contribution in [-0.4, -0.2) is 42.0 Å². The summed E-state index contributed by atoms with van der Waals surface area (Å²) in [6.45, 7) is 0.0740. The van der Waals surface area contributed by atoms with Gasteiger partial charge < -0.3 is 15.5 Å². The average molecular weight is 526 g/mol. The lowest BCUT2D eigenvalue weighted by Crippen LogP contribution is -2.42. The molecular weight excluding hydrogens is 498 g/mol. The Labute approximate surface area is 212 Å². The summed E-state index contributed by atoms with van der Waals surface area (Å²) in [5, 5.41) is 6.47. The van der Waals surface area contributed by atoms with Crippen molar-refractivity contribution in [2.24, 2.45) is 0 Å². The van der Waals surface area contributed by atoms with Gasteiger partial charge in [0.1, 0.15) is 5.82 Å². The van der Waals surface area contributed by atoms with Crippen LogP contribution in [0.2, 0.25) is 5.02 Å². The molecule has 0 bridgehead atoms. The lowest BCUT2D eigenvalue weighted by atomic mass is 9.95. The number of rotatable bonds is 5. The van der Waals surface area contributed by atoms with Crippen LogP contribution in [0.4, 0.5) is 23.2 Å². The zero-order valence-corrected chi connectivity index (χ0v) is 20.4. The highest BCUT2D eigenvalue weighted by molar-refractivity contribution is 6.33. The highest BCUT2D eigenvalue weighted by Crippen LogP contribution is 2.33. The number of fused-ring (bicyclic) bond motifs is 1. The van der Waals surface area contributed by atoms with Crippen molar-refractivity contribution in [3.63, 3.8) is 0 Å². The molecule has 5 nitrogen and oxygen atoms in total. The number of nitrogens with one attached hydrogen (secondary N) is 2. The predicted molar refractivity (Wildman–Crippen MR) is 130 cm³/mol. The zero-order chi connectivity index (χ0) is 25.9. The minimum atomic E-state index is -4.92. The summed E-state index contributed by atoms with van der Waals surface area (Å²) in [6, 6.07) is 7.89. The van der Waals surface area contributed by atoms with Gasteiger partial charge in [0.15, 0.2) is 0 Å². The number of alkyl halides is 3. The van der Waals surface area contributed by atoms with Gasteiger partial charge in [0.05, 0.1) is 16.3 Å². The second-order valence-electron chi connectivity index (χ2n) is 9.33. The number of halogens is 5. The van der Waals surface area contributed by atoms with Gasteiger partial charge >= 0.3 is 12.1 Å². The van der Waals surface area contributed by atoms with E-state index in [0.29, 0.717) is 16.3 Å². The summed E-state index contributed by atoms with van der Waals surface area (Å²) in [5.41, 5.74) is 2.67. The monoisotopic (exact) mass is 525 g/mol. The van der Waals surface area contributed by atoms with Crippen LogP contribution in [-0.2, 0) is 24.2 Å². The zero-order valence-electron chi connectivity index (χ0n) is 19.7. The Morgan fingerprint density at radius 1 is 1.03 bits per heavy atom. The molecule has 2 N–H and O–H groups in total. The third kappa shape index (κ3) is 6.11. The Hall–Kier alpha value is -2.81. The Morgan fingerprint density at radius 2 is 1.75 bits per heavy atom. The summed E-state index contributed by atoms with van der Waals surface area (Å²) >= 11 is 6.39. The molecule has 2 aromatic carbocycles. The van der Waals surface area contributed by atoms with E-state index in [1.165, 1.54) is 12.1 Å². The number of carbonyl (C=O) groups is 2. The van der Waals surface area contributed by atoms with E-state index in [1.54, 1.807) is 18.2 Å². The van der Waals surface area contributed by atoms with Crippen LogP contribution in [0, 0.1) is 5.82 Å². The molecule has 2 aromatic rings. The van der Waals surface area contributed by atoms with Crippen LogP contribution >= 0.6 is 11.6 Å². The fourth-order valence-corrected chi connectivity index (χ4v) is 5.17. The van der Waals surface area contributed by atoms with Crippen LogP contribution < -0.4 is 10.6 Å². The highest BCUT2D eigenvalue weighted by Gasteiger charge is 2.42. The third-order valence-electron chi connectivity index (χ3n) is 6.86. The van der Waals surface area contributed by atoms with E-state index < -0.39 is 23.8 Å². The molecule has 2 amide bonds. The fourth-order valence-electron chi connectivity index (χ4n) is 4.92. The largest absolute Gasteiger partial charge is 0.471 e. The van der Waals surface area contributed by atoms with Crippen LogP contribution in [0.15, 0.2) is 30.3 Å². The first-order valence-electron chi connectivity index (χ1n) is 12.1. The van der Waals surface area contributed by atoms with Gasteiger partial charge in [0.2, 0.25) is 0 Å². The molecule has 0 radical (unpaired) electrons. The maximum atomic E-state index is 14.8. The first kappa shape index (κ1) is 26.3. The van der Waals surface area contributed by atoms with Gasteiger partial charge in [-0.25, -0.2) is 4.39 Å². The maximum Gasteiger partial charge on any atom is 0.471 e. The van der Waals surface area contributed by atoms with Crippen molar-refractivity contribution in [2.45, 2.75) is 63.7 Å². The molecule has 1 aliphatic carbocycles. The lowest BCUT2D eigenvalue weighted by molar-refractivity contribution is -0.185. The van der Waals surface area contributed by atoms with Crippen molar-refractivity contribution in [1.82, 2.24) is 10.2 Å². The molecule has 0 spiro atoms. The maximum absolute atomic E-state index is 14.8. The van der Waals surface area contributed by atoms with E-state index in [2.05, 4.69) is 10.6 Å². The van der Waals surface area contributed by atoms with Gasteiger partial charge in [-0.15, -0.1) is 0 Å². The summed E-state index contributed by atoms with van der Waals surface area (Å²) in [4.78, 5) is 25.0. The summed E-state index contributed by atoms with van der Waals surface area (Å²) in [6.07, 6.45) is 0.622. The number of nitrogens with zero attached hydrogens (tertiary/aromatic N) is 1. The van der Waals surface area contributed by atoms with Crippen molar-refractivity contribution >= 4 is 29.1 Å². The van der Waals surface area contributed by atoms with E-state index in [4.69, 9.17) is 11.6 Å². The highest BCUT2D eigenvalue weighted by atomic mass is 35.5. The Balaban J connectivity index is 1.44. The van der Waals surface area contributed by atoms with Gasteiger partial charge in [0.25, 0.3) is 5.91 Å². The Morgan fingerprint density at radius 3 is 2.44 bits per heavy atom. The van der Waals surface area contributed by atoms with E-state index in [-0.39, 0.29) is 44.1 Å². The number of anilines is 1. The second kappa shape index (κ2) is 11.1. The standard InChI is InChI=1S/C26H28ClF4N3O2/c27-21-9-7-17-10-12-34(25(36)26(29,30)31)13-11-19(17)23(21)32-15-16-6-8-20(22(28)14-16)24(35)33-18-4-2-1-3-5-18/h6-9,14,18,32H,1-5,10-13,15H2,(H,33,35). The molecule has 1 aliphatic heterocycles. The molecule has 1 heterocycles. The van der Waals surface area contributed by atoms with Gasteiger partial charge in [-0.2, -0.15) is 13.2 Å². The van der Waals surface area contributed by atoms with Crippen LogP contribution in [0.3, 0.4) is 0 Å². The quantitative estimate of drug-likeness (QED) is 0.496. The minimum absolute atomic E-state index is 0.00893. The van der Waals surface area contributed by atoms with Gasteiger partial charge in [-0.05, 0) is 60.6 Å². The van der Waals surface area contributed by atoms with Crippen LogP contribution in [0.1, 0.15) is 59.2 Å². The van der Waals surface area contributed by atoms with Crippen LogP contribution in [0.5, 0.6) is 0 Å². The molecule has 36 heavy (non-hydrogen) atoms. The molecular formula is C26H28ClF4N3O2. The Bertz CT molecular complexity index is 1130. The van der Waals surface area contributed by atoms with E-state index in [1.807, 2.05) is 0 Å². The molecule has 0 atom stereocenters. The van der Waals surface area contributed by atoms with E-state index >= 15 is 0 Å². The molecule has 10 heteroatoms. The Kier molecular flexibility index (Phi) is 8.07. The van der Waals surface area contributed by atoms with E-state index in [9.17, 15) is 27.2 Å². The lowest BCUT2D eigenvalue weighted by Gasteiger charge is -2.23. The molecule has 0 unspecified atom stereocenters. The summed E-state index contributed by atoms with van der Waals surface area (Å²) in [5.74, 6) is -2.89. The van der Waals surface area contributed by atoms with Gasteiger partial charge in [-0.3, -0.25) is 9.59 Å². The summed E-state index contributed by atoms with van der Waals surface area (Å²) in [7, 11) is 0. The van der Waals surface area contributed by atoms with Gasteiger partial charge in [0, 0.05) is 25.7 Å². The van der Waals surface area contributed by atoms with Crippen LogP contribution in [0.25, 0.3) is 0 Å². The molecule has 1 saturated carbocycles. The van der Waals surface area contributed by atoms with Crippen molar-refractivity contribution < 1.29 is 27.2 Å². The fraction of sp³-hybridized carbons (Fsp3) is 0.462. The number of amides is 2. The topological polar surface area (TPSA) is 61.4 Å². The van der Waals surface area contributed by atoms with Crippen molar-refractivity contribution in [2.75, 3.05) is 18.4 Å². The molecule has 0 aromatic heterocycles. The molecule has 2 aliphatic rings. The number of hydrogen-bond acceptors (Lipinski definition) is 3. The SMILES string of the molecule is O=C(NC1CCCCC1)c1ccc(CNc2c(Cl)ccc3c2CCN(C(=O)C(F)(F)F)CC3)cc1F. The smallest absolute Gasteiger partial charge is 0.380 e. The normalized spacial score (nSPS) is 16.8. The number of hydrogen-bond donors (Lipinski definition) is 2.